The average Bonchev–Trinajstić information content (AvgIpc) is 2.83. The summed E-state index contributed by atoms with van der Waals surface area (Å²) < 4.78 is 0. The monoisotopic (exact) mass is 274 g/mol. The second-order valence-electron chi connectivity index (χ2n) is 5.57. The van der Waals surface area contributed by atoms with Crippen molar-refractivity contribution in [2.75, 3.05) is 13.1 Å². The van der Waals surface area contributed by atoms with E-state index in [1.54, 1.807) is 0 Å². The molecule has 1 fully saturated rings. The molecule has 1 atom stereocenters. The van der Waals surface area contributed by atoms with E-state index in [4.69, 9.17) is 0 Å². The number of benzene rings is 1. The van der Waals surface area contributed by atoms with Crippen LogP contribution in [0.2, 0.25) is 0 Å². The van der Waals surface area contributed by atoms with Crippen LogP contribution in [0.4, 0.5) is 0 Å². The zero-order valence-corrected chi connectivity index (χ0v) is 11.4. The molecule has 0 aromatic heterocycles. The van der Waals surface area contributed by atoms with E-state index in [1.165, 1.54) is 11.1 Å². The normalized spacial score (nSPS) is 22.2. The highest BCUT2D eigenvalue weighted by Crippen LogP contribution is 2.21. The lowest BCUT2D eigenvalue weighted by molar-refractivity contribution is -0.678. The molecule has 1 saturated heterocycles. The molecule has 1 heterocycles. The molecule has 2 amide bonds. The second kappa shape index (κ2) is 5.63. The van der Waals surface area contributed by atoms with Crippen molar-refractivity contribution in [1.29, 1.82) is 0 Å². The minimum atomic E-state index is -0.271. The van der Waals surface area contributed by atoms with Crippen molar-refractivity contribution >= 4 is 11.8 Å². The first kappa shape index (κ1) is 13.1. The van der Waals surface area contributed by atoms with Crippen LogP contribution >= 0.6 is 0 Å². The van der Waals surface area contributed by atoms with Gasteiger partial charge in [-0.2, -0.15) is 0 Å². The number of piperazine rings is 1. The van der Waals surface area contributed by atoms with Crippen LogP contribution in [-0.2, 0) is 22.4 Å². The standard InChI is InChI=1S/C15H19N3O2/c19-14(9-13-15(20)17-6-5-16-13)18-12-7-10-3-1-2-4-11(10)8-12/h1-4,12-13,16H,5-9H2,(H,17,20)(H,18,19)/p+1/t13-/m0/s1. The molecule has 5 heteroatoms. The predicted molar refractivity (Wildman–Crippen MR) is 74.0 cm³/mol. The van der Waals surface area contributed by atoms with Gasteiger partial charge < -0.3 is 16.0 Å². The van der Waals surface area contributed by atoms with Gasteiger partial charge in [-0.3, -0.25) is 9.59 Å². The van der Waals surface area contributed by atoms with Gasteiger partial charge in [0.15, 0.2) is 6.04 Å². The van der Waals surface area contributed by atoms with Crippen molar-refractivity contribution in [2.24, 2.45) is 0 Å². The van der Waals surface area contributed by atoms with Crippen molar-refractivity contribution in [3.63, 3.8) is 0 Å². The van der Waals surface area contributed by atoms with E-state index in [-0.39, 0.29) is 30.3 Å². The third-order valence-corrected chi connectivity index (χ3v) is 4.05. The van der Waals surface area contributed by atoms with Crippen molar-refractivity contribution in [3.8, 4) is 0 Å². The maximum atomic E-state index is 12.1. The van der Waals surface area contributed by atoms with E-state index in [9.17, 15) is 9.59 Å². The maximum Gasteiger partial charge on any atom is 0.278 e. The summed E-state index contributed by atoms with van der Waals surface area (Å²) in [5.41, 5.74) is 2.64. The molecule has 5 nitrogen and oxygen atoms in total. The van der Waals surface area contributed by atoms with Crippen molar-refractivity contribution in [3.05, 3.63) is 35.4 Å². The Labute approximate surface area is 118 Å². The zero-order valence-electron chi connectivity index (χ0n) is 11.4. The third-order valence-electron chi connectivity index (χ3n) is 4.05. The van der Waals surface area contributed by atoms with Gasteiger partial charge in [0.2, 0.25) is 5.91 Å². The Kier molecular flexibility index (Phi) is 3.69. The van der Waals surface area contributed by atoms with Crippen LogP contribution in [0.3, 0.4) is 0 Å². The molecule has 0 spiro atoms. The van der Waals surface area contributed by atoms with Crippen LogP contribution in [0.25, 0.3) is 0 Å². The Morgan fingerprint density at radius 2 is 2.00 bits per heavy atom. The minimum absolute atomic E-state index is 0.0268. The Hall–Kier alpha value is -1.88. The Balaban J connectivity index is 1.52. The first-order valence-electron chi connectivity index (χ1n) is 7.19. The molecular formula is C15H20N3O2+. The lowest BCUT2D eigenvalue weighted by atomic mass is 10.1. The molecule has 4 N–H and O–H groups in total. The summed E-state index contributed by atoms with van der Waals surface area (Å²) >= 11 is 0. The molecule has 1 aliphatic carbocycles. The third kappa shape index (κ3) is 2.82. The van der Waals surface area contributed by atoms with Crippen LogP contribution in [-0.4, -0.2) is 37.0 Å². The highest BCUT2D eigenvalue weighted by atomic mass is 16.2. The molecule has 1 aromatic rings. The van der Waals surface area contributed by atoms with Gasteiger partial charge in [0, 0.05) is 6.04 Å². The second-order valence-corrected chi connectivity index (χ2v) is 5.57. The predicted octanol–water partition coefficient (Wildman–Crippen LogP) is -1.28. The number of quaternary nitrogens is 1. The summed E-state index contributed by atoms with van der Waals surface area (Å²) in [7, 11) is 0. The smallest absolute Gasteiger partial charge is 0.278 e. The fourth-order valence-corrected chi connectivity index (χ4v) is 3.04. The number of hydrogen-bond acceptors (Lipinski definition) is 2. The van der Waals surface area contributed by atoms with Crippen LogP contribution < -0.4 is 16.0 Å². The van der Waals surface area contributed by atoms with Gasteiger partial charge in [-0.15, -0.1) is 0 Å². The van der Waals surface area contributed by atoms with Crippen molar-refractivity contribution < 1.29 is 14.9 Å². The van der Waals surface area contributed by atoms with E-state index in [2.05, 4.69) is 22.8 Å². The summed E-state index contributed by atoms with van der Waals surface area (Å²) in [5.74, 6) is -0.0535. The van der Waals surface area contributed by atoms with E-state index in [0.717, 1.165) is 19.4 Å². The number of nitrogens with two attached hydrogens (primary N) is 1. The topological polar surface area (TPSA) is 74.8 Å². The number of nitrogens with one attached hydrogen (secondary N) is 2. The van der Waals surface area contributed by atoms with E-state index in [0.29, 0.717) is 6.54 Å². The number of fused-ring (bicyclic) bond motifs is 1. The Bertz CT molecular complexity index is 505. The highest BCUT2D eigenvalue weighted by Gasteiger charge is 2.29. The first-order chi connectivity index (χ1) is 9.72. The number of amides is 2. The number of carbonyl (C=O) groups excluding carboxylic acids is 2. The molecule has 1 aromatic carbocycles. The van der Waals surface area contributed by atoms with Gasteiger partial charge >= 0.3 is 0 Å². The molecule has 0 radical (unpaired) electrons. The SMILES string of the molecule is O=C(C[C@@H]1[NH2+]CCNC1=O)NC1Cc2ccccc2C1. The molecule has 20 heavy (non-hydrogen) atoms. The van der Waals surface area contributed by atoms with Gasteiger partial charge in [-0.05, 0) is 24.0 Å². The van der Waals surface area contributed by atoms with Crippen molar-refractivity contribution in [1.82, 2.24) is 10.6 Å². The number of hydrogen-bond donors (Lipinski definition) is 3. The van der Waals surface area contributed by atoms with Crippen molar-refractivity contribution in [2.45, 2.75) is 31.3 Å². The molecule has 1 aliphatic heterocycles. The highest BCUT2D eigenvalue weighted by molar-refractivity contribution is 5.87. The van der Waals surface area contributed by atoms with Crippen LogP contribution in [0.15, 0.2) is 24.3 Å². The molecule has 0 bridgehead atoms. The molecular weight excluding hydrogens is 254 g/mol. The quantitative estimate of drug-likeness (QED) is 0.642. The first-order valence-corrected chi connectivity index (χ1v) is 7.19. The Morgan fingerprint density at radius 3 is 2.65 bits per heavy atom. The maximum absolute atomic E-state index is 12.1. The van der Waals surface area contributed by atoms with Gasteiger partial charge in [0.25, 0.3) is 5.91 Å². The lowest BCUT2D eigenvalue weighted by Gasteiger charge is -2.20. The summed E-state index contributed by atoms with van der Waals surface area (Å²) in [6.45, 7) is 1.54. The lowest BCUT2D eigenvalue weighted by Crippen LogP contribution is -2.96. The van der Waals surface area contributed by atoms with Crippen LogP contribution in [0.1, 0.15) is 17.5 Å². The Morgan fingerprint density at radius 1 is 1.30 bits per heavy atom. The number of carbonyl (C=O) groups is 2. The van der Waals surface area contributed by atoms with E-state index in [1.807, 2.05) is 17.4 Å². The average molecular weight is 274 g/mol. The molecule has 0 saturated carbocycles. The minimum Gasteiger partial charge on any atom is -0.352 e. The summed E-state index contributed by atoms with van der Waals surface area (Å²) in [5, 5.41) is 7.80. The van der Waals surface area contributed by atoms with E-state index < -0.39 is 0 Å². The summed E-state index contributed by atoms with van der Waals surface area (Å²) in [6, 6.07) is 8.20. The summed E-state index contributed by atoms with van der Waals surface area (Å²) in [4.78, 5) is 23.7. The molecule has 2 aliphatic rings. The van der Waals surface area contributed by atoms with Gasteiger partial charge in [-0.1, -0.05) is 24.3 Å². The zero-order chi connectivity index (χ0) is 13.9. The van der Waals surface area contributed by atoms with E-state index >= 15 is 0 Å². The summed E-state index contributed by atoms with van der Waals surface area (Å²) in [6.07, 6.45) is 2.05. The van der Waals surface area contributed by atoms with Gasteiger partial charge in [-0.25, -0.2) is 0 Å². The largest absolute Gasteiger partial charge is 0.352 e. The fraction of sp³-hybridized carbons (Fsp3) is 0.467. The molecule has 106 valence electrons. The van der Waals surface area contributed by atoms with Gasteiger partial charge in [0.1, 0.15) is 0 Å². The van der Waals surface area contributed by atoms with Gasteiger partial charge in [0.05, 0.1) is 19.5 Å². The molecule has 0 unspecified atom stereocenters. The molecule has 3 rings (SSSR count). The van der Waals surface area contributed by atoms with Crippen LogP contribution in [0.5, 0.6) is 0 Å². The van der Waals surface area contributed by atoms with Crippen LogP contribution in [0, 0.1) is 0 Å². The fourth-order valence-electron chi connectivity index (χ4n) is 3.04. The number of rotatable bonds is 3.